The van der Waals surface area contributed by atoms with Crippen LogP contribution in [0, 0.1) is 17.8 Å². The minimum absolute atomic E-state index is 0.00711. The molecule has 9 heteroatoms. The Morgan fingerprint density at radius 1 is 1.14 bits per heavy atom. The Kier molecular flexibility index (Phi) is 8.37. The van der Waals surface area contributed by atoms with Crippen LogP contribution in [-0.2, 0) is 20.7 Å². The van der Waals surface area contributed by atoms with Crippen molar-refractivity contribution in [2.24, 2.45) is 17.8 Å². The molecular formula is C40H52O9. The van der Waals surface area contributed by atoms with Crippen LogP contribution >= 0.6 is 0 Å². The van der Waals surface area contributed by atoms with Gasteiger partial charge in [-0.1, -0.05) is 24.3 Å². The fourth-order valence-corrected chi connectivity index (χ4v) is 9.20. The molecule has 0 radical (unpaired) electrons. The van der Waals surface area contributed by atoms with Crippen LogP contribution in [0.15, 0.2) is 41.5 Å². The van der Waals surface area contributed by atoms with Gasteiger partial charge < -0.3 is 34.3 Å². The van der Waals surface area contributed by atoms with Crippen LogP contribution in [0.2, 0.25) is 0 Å². The summed E-state index contributed by atoms with van der Waals surface area (Å²) in [6.45, 7) is 19.4. The largest absolute Gasteiger partial charge is 0.506 e. The summed E-state index contributed by atoms with van der Waals surface area (Å²) in [5.74, 6) is -0.867. The molecule has 266 valence electrons. The predicted molar refractivity (Wildman–Crippen MR) is 186 cm³/mol. The van der Waals surface area contributed by atoms with Crippen LogP contribution in [0.4, 0.5) is 0 Å². The fourth-order valence-electron chi connectivity index (χ4n) is 9.20. The van der Waals surface area contributed by atoms with Gasteiger partial charge in [-0.05, 0) is 111 Å². The number of ketones is 1. The van der Waals surface area contributed by atoms with Gasteiger partial charge in [0.05, 0.1) is 35.9 Å². The van der Waals surface area contributed by atoms with Crippen molar-refractivity contribution in [2.75, 3.05) is 7.11 Å². The summed E-state index contributed by atoms with van der Waals surface area (Å²) in [5.41, 5.74) is -1.52. The maximum atomic E-state index is 15.0. The van der Waals surface area contributed by atoms with Crippen LogP contribution in [0.1, 0.15) is 109 Å². The summed E-state index contributed by atoms with van der Waals surface area (Å²) in [4.78, 5) is 27.4. The molecule has 9 nitrogen and oxygen atoms in total. The standard InChI is InChI=1S/C40H52O9/c1-21(2)11-12-26-33-25(14-16-38(9,47-33)17-15-29(41)36(5,6)45)31(42)30-32(43)27-19-24-20-28-37(7,8)49-39(23(24)4,40(27,28)48-34(26)30)18-13-22(3)35(44)46-10/h11,13-14,16,24,27-29,41-42,45H,4,12,15,17-20H2,1-3,5-10H3/b22-13-. The number of hydrogen-bond acceptors (Lipinski definition) is 9. The third kappa shape index (κ3) is 5.21. The normalized spacial score (nSPS) is 32.8. The Morgan fingerprint density at radius 2 is 1.84 bits per heavy atom. The lowest BCUT2D eigenvalue weighted by molar-refractivity contribution is -0.165. The first-order chi connectivity index (χ1) is 22.7. The number of aliphatic hydroxyl groups is 2. The summed E-state index contributed by atoms with van der Waals surface area (Å²) in [7, 11) is 1.35. The molecule has 1 aromatic rings. The van der Waals surface area contributed by atoms with Gasteiger partial charge in [-0.2, -0.15) is 0 Å². The highest BCUT2D eigenvalue weighted by atomic mass is 16.6. The van der Waals surface area contributed by atoms with E-state index in [1.165, 1.54) is 7.11 Å². The maximum Gasteiger partial charge on any atom is 0.333 e. The van der Waals surface area contributed by atoms with Gasteiger partial charge in [-0.25, -0.2) is 4.79 Å². The molecule has 3 heterocycles. The summed E-state index contributed by atoms with van der Waals surface area (Å²) in [6.07, 6.45) is 9.10. The number of phenols is 1. The summed E-state index contributed by atoms with van der Waals surface area (Å²) in [5, 5.41) is 32.9. The molecule has 6 aliphatic rings. The monoisotopic (exact) mass is 676 g/mol. The van der Waals surface area contributed by atoms with E-state index in [2.05, 4.69) is 6.58 Å². The van der Waals surface area contributed by atoms with Gasteiger partial charge in [0.25, 0.3) is 0 Å². The van der Waals surface area contributed by atoms with E-state index in [1.807, 2.05) is 46.8 Å². The quantitative estimate of drug-likeness (QED) is 0.151. The molecule has 3 saturated carbocycles. The number of fused-ring (bicyclic) bond motifs is 2. The lowest BCUT2D eigenvalue weighted by Crippen LogP contribution is -2.73. The van der Waals surface area contributed by atoms with Crippen molar-refractivity contribution in [1.82, 2.24) is 0 Å². The topological polar surface area (TPSA) is 132 Å². The van der Waals surface area contributed by atoms with Gasteiger partial charge in [0.1, 0.15) is 34.0 Å². The van der Waals surface area contributed by atoms with Crippen LogP contribution in [0.3, 0.4) is 0 Å². The average molecular weight is 677 g/mol. The van der Waals surface area contributed by atoms with E-state index < -0.39 is 46.0 Å². The number of hydrogen-bond donors (Lipinski definition) is 3. The zero-order chi connectivity index (χ0) is 36.1. The van der Waals surface area contributed by atoms with Crippen LogP contribution in [0.25, 0.3) is 6.08 Å². The fraction of sp³-hybridized carbons (Fsp3) is 0.600. The van der Waals surface area contributed by atoms with Crippen molar-refractivity contribution in [3.63, 3.8) is 0 Å². The SMILES string of the molecule is C=C1C2CC3C(=O)c4c(O)c5c(c(CC=C(C)C)c4OC34C(C2)C(C)(C)OC14C/C=C(/C)C(=O)OC)OC(C)(CCC(O)C(C)(C)O)C=C5. The van der Waals surface area contributed by atoms with Gasteiger partial charge in [0, 0.05) is 23.5 Å². The molecule has 1 saturated heterocycles. The summed E-state index contributed by atoms with van der Waals surface area (Å²) in [6, 6.07) is 0. The molecule has 1 aromatic carbocycles. The molecular weight excluding hydrogens is 624 g/mol. The Balaban J connectivity index is 1.54. The smallest absolute Gasteiger partial charge is 0.333 e. The number of phenolic OH excluding ortho intramolecular Hbond substituents is 1. The molecule has 3 aliphatic heterocycles. The number of Topliss-reactive ketones (excluding diaryl/α,β-unsaturated/α-hetero) is 1. The zero-order valence-electron chi connectivity index (χ0n) is 30.4. The number of carbonyl (C=O) groups excluding carboxylic acids is 2. The van der Waals surface area contributed by atoms with E-state index in [1.54, 1.807) is 32.9 Å². The van der Waals surface area contributed by atoms with Gasteiger partial charge in [-0.15, -0.1) is 0 Å². The summed E-state index contributed by atoms with van der Waals surface area (Å²) >= 11 is 0. The van der Waals surface area contributed by atoms with Gasteiger partial charge in [0.15, 0.2) is 11.4 Å². The van der Waals surface area contributed by atoms with Crippen molar-refractivity contribution in [2.45, 2.75) is 128 Å². The van der Waals surface area contributed by atoms with Crippen molar-refractivity contribution in [1.29, 1.82) is 0 Å². The number of aliphatic hydroxyl groups excluding tert-OH is 1. The molecule has 4 fully saturated rings. The number of carbonyl (C=O) groups is 2. The second-order valence-corrected chi connectivity index (χ2v) is 16.4. The van der Waals surface area contributed by atoms with E-state index in [0.29, 0.717) is 47.5 Å². The number of rotatable bonds is 9. The second-order valence-electron chi connectivity index (χ2n) is 16.4. The summed E-state index contributed by atoms with van der Waals surface area (Å²) < 4.78 is 26.2. The van der Waals surface area contributed by atoms with Crippen molar-refractivity contribution in [3.8, 4) is 17.2 Å². The highest BCUT2D eigenvalue weighted by molar-refractivity contribution is 6.07. The van der Waals surface area contributed by atoms with Crippen LogP contribution in [-0.4, -0.2) is 68.3 Å². The Bertz CT molecular complexity index is 1700. The molecule has 7 atom stereocenters. The third-order valence-corrected chi connectivity index (χ3v) is 11.9. The highest BCUT2D eigenvalue weighted by Crippen LogP contribution is 2.72. The van der Waals surface area contributed by atoms with Crippen LogP contribution in [0.5, 0.6) is 17.2 Å². The van der Waals surface area contributed by atoms with E-state index >= 15 is 0 Å². The zero-order valence-corrected chi connectivity index (χ0v) is 30.4. The molecule has 3 aliphatic carbocycles. The Hall–Kier alpha value is -3.40. The number of esters is 1. The first-order valence-corrected chi connectivity index (χ1v) is 17.4. The van der Waals surface area contributed by atoms with Gasteiger partial charge in [-0.3, -0.25) is 4.79 Å². The maximum absolute atomic E-state index is 15.0. The Labute approximate surface area is 289 Å². The number of methoxy groups -OCH3 is 1. The minimum atomic E-state index is -1.28. The number of benzene rings is 1. The molecule has 4 bridgehead atoms. The first kappa shape index (κ1) is 35.4. The minimum Gasteiger partial charge on any atom is -0.506 e. The third-order valence-electron chi connectivity index (χ3n) is 11.9. The van der Waals surface area contributed by atoms with E-state index in [4.69, 9.17) is 18.9 Å². The van der Waals surface area contributed by atoms with Gasteiger partial charge in [0.2, 0.25) is 0 Å². The predicted octanol–water partition coefficient (Wildman–Crippen LogP) is 6.56. The van der Waals surface area contributed by atoms with Crippen molar-refractivity contribution >= 4 is 17.8 Å². The number of aromatic hydroxyl groups is 1. The van der Waals surface area contributed by atoms with Crippen LogP contribution < -0.4 is 9.47 Å². The average Bonchev–Trinajstić information content (AvgIpc) is 3.18. The lowest BCUT2D eigenvalue weighted by Gasteiger charge is -2.62. The highest BCUT2D eigenvalue weighted by Gasteiger charge is 2.81. The molecule has 0 amide bonds. The van der Waals surface area contributed by atoms with E-state index in [-0.39, 0.29) is 41.8 Å². The van der Waals surface area contributed by atoms with Gasteiger partial charge >= 0.3 is 5.97 Å². The molecule has 7 unspecified atom stereocenters. The van der Waals surface area contributed by atoms with Crippen molar-refractivity contribution in [3.05, 3.63) is 58.2 Å². The number of allylic oxidation sites excluding steroid dienone is 2. The lowest BCUT2D eigenvalue weighted by atomic mass is 9.46. The van der Waals surface area contributed by atoms with E-state index in [9.17, 15) is 24.9 Å². The molecule has 49 heavy (non-hydrogen) atoms. The molecule has 3 N–H and O–H groups in total. The second kappa shape index (κ2) is 11.6. The van der Waals surface area contributed by atoms with Crippen molar-refractivity contribution < 1.29 is 43.9 Å². The molecule has 1 spiro atoms. The molecule has 0 aromatic heterocycles. The number of ether oxygens (including phenoxy) is 4. The Morgan fingerprint density at radius 3 is 2.47 bits per heavy atom. The first-order valence-electron chi connectivity index (χ1n) is 17.4. The molecule has 7 rings (SSSR count). The van der Waals surface area contributed by atoms with E-state index in [0.717, 1.165) is 17.6 Å².